The molecule has 0 aliphatic heterocycles. The van der Waals surface area contributed by atoms with Crippen molar-refractivity contribution in [3.8, 4) is 0 Å². The lowest BCUT2D eigenvalue weighted by Gasteiger charge is -2.00. The minimum atomic E-state index is -0.869. The molecule has 0 saturated heterocycles. The number of hydrogen-bond acceptors (Lipinski definition) is 1. The van der Waals surface area contributed by atoms with E-state index in [0.29, 0.717) is 0 Å². The largest absolute Gasteiger partial charge is 0.481 e. The second-order valence-electron chi connectivity index (χ2n) is 2.99. The Morgan fingerprint density at radius 3 is 2.50 bits per heavy atom. The van der Waals surface area contributed by atoms with Gasteiger partial charge in [-0.1, -0.05) is 18.2 Å². The first-order valence-electron chi connectivity index (χ1n) is 4.24. The number of halogens is 1. The highest BCUT2D eigenvalue weighted by molar-refractivity contribution is 5.73. The highest BCUT2D eigenvalue weighted by atomic mass is 19.1. The number of hydrogen-bond donors (Lipinski definition) is 1. The van der Waals surface area contributed by atoms with Crippen molar-refractivity contribution in [2.45, 2.75) is 13.3 Å². The Kier molecular flexibility index (Phi) is 3.40. The Hall–Kier alpha value is -1.64. The van der Waals surface area contributed by atoms with E-state index in [1.807, 2.05) is 0 Å². The molecule has 1 aromatic carbocycles. The van der Waals surface area contributed by atoms with Gasteiger partial charge in [-0.25, -0.2) is 4.39 Å². The first kappa shape index (κ1) is 10.4. The quantitative estimate of drug-likeness (QED) is 0.803. The van der Waals surface area contributed by atoms with Crippen LogP contribution in [0.4, 0.5) is 4.39 Å². The highest BCUT2D eigenvalue weighted by Gasteiger charge is 1.97. The van der Waals surface area contributed by atoms with Crippen LogP contribution in [-0.4, -0.2) is 11.1 Å². The van der Waals surface area contributed by atoms with E-state index in [4.69, 9.17) is 5.11 Å². The van der Waals surface area contributed by atoms with Crippen LogP contribution in [0.2, 0.25) is 0 Å². The maximum atomic E-state index is 12.6. The minimum Gasteiger partial charge on any atom is -0.481 e. The fraction of sp³-hybridized carbons (Fsp3) is 0.182. The third kappa shape index (κ3) is 3.01. The van der Waals surface area contributed by atoms with E-state index >= 15 is 0 Å². The topological polar surface area (TPSA) is 37.3 Å². The predicted octanol–water partition coefficient (Wildman–Crippen LogP) is 2.70. The van der Waals surface area contributed by atoms with Gasteiger partial charge in [0.2, 0.25) is 0 Å². The van der Waals surface area contributed by atoms with Crippen molar-refractivity contribution in [2.75, 3.05) is 0 Å². The smallest absolute Gasteiger partial charge is 0.307 e. The molecule has 0 heterocycles. The highest BCUT2D eigenvalue weighted by Crippen LogP contribution is 2.14. The molecule has 1 rings (SSSR count). The Morgan fingerprint density at radius 1 is 1.43 bits per heavy atom. The second-order valence-corrected chi connectivity index (χ2v) is 2.99. The molecule has 1 N–H and O–H groups in total. The van der Waals surface area contributed by atoms with E-state index in [1.165, 1.54) is 12.1 Å². The van der Waals surface area contributed by atoms with Crippen molar-refractivity contribution in [1.82, 2.24) is 0 Å². The fourth-order valence-corrected chi connectivity index (χ4v) is 1.07. The van der Waals surface area contributed by atoms with E-state index in [1.54, 1.807) is 25.1 Å². The molecule has 0 amide bonds. The molecule has 0 aromatic heterocycles. The molecule has 0 aliphatic carbocycles. The molecule has 0 unspecified atom stereocenters. The summed E-state index contributed by atoms with van der Waals surface area (Å²) in [4.78, 5) is 10.3. The summed E-state index contributed by atoms with van der Waals surface area (Å²) in [5.74, 6) is -1.16. The fourth-order valence-electron chi connectivity index (χ4n) is 1.07. The van der Waals surface area contributed by atoms with Gasteiger partial charge in [-0.3, -0.25) is 4.79 Å². The Labute approximate surface area is 81.7 Å². The summed E-state index contributed by atoms with van der Waals surface area (Å²) in [6.07, 6.45) is 1.60. The number of benzene rings is 1. The van der Waals surface area contributed by atoms with Crippen LogP contribution in [0.15, 0.2) is 30.3 Å². The molecule has 0 spiro atoms. The molecule has 74 valence electrons. The van der Waals surface area contributed by atoms with E-state index in [-0.39, 0.29) is 12.2 Å². The molecule has 0 aliphatic rings. The molecule has 0 radical (unpaired) electrons. The zero-order chi connectivity index (χ0) is 10.6. The van der Waals surface area contributed by atoms with Gasteiger partial charge >= 0.3 is 5.97 Å². The van der Waals surface area contributed by atoms with Gasteiger partial charge in [-0.2, -0.15) is 0 Å². The lowest BCUT2D eigenvalue weighted by molar-refractivity contribution is -0.135. The van der Waals surface area contributed by atoms with Gasteiger partial charge < -0.3 is 5.11 Å². The average Bonchev–Trinajstić information content (AvgIpc) is 2.15. The van der Waals surface area contributed by atoms with Crippen molar-refractivity contribution >= 4 is 11.5 Å². The second kappa shape index (κ2) is 4.56. The van der Waals surface area contributed by atoms with Crippen LogP contribution >= 0.6 is 0 Å². The van der Waals surface area contributed by atoms with Gasteiger partial charge in [-0.05, 0) is 30.2 Å². The van der Waals surface area contributed by atoms with Gasteiger partial charge in [0.25, 0.3) is 0 Å². The van der Waals surface area contributed by atoms with Crippen LogP contribution in [0.25, 0.3) is 5.57 Å². The molecule has 0 bridgehead atoms. The van der Waals surface area contributed by atoms with Crippen LogP contribution in [0.5, 0.6) is 0 Å². The lowest BCUT2D eigenvalue weighted by Crippen LogP contribution is -1.91. The Balaban J connectivity index is 2.78. The minimum absolute atomic E-state index is 0.0107. The molecule has 14 heavy (non-hydrogen) atoms. The number of rotatable bonds is 3. The monoisotopic (exact) mass is 194 g/mol. The van der Waals surface area contributed by atoms with Gasteiger partial charge in [-0.15, -0.1) is 0 Å². The zero-order valence-electron chi connectivity index (χ0n) is 7.83. The average molecular weight is 194 g/mol. The van der Waals surface area contributed by atoms with Crippen LogP contribution in [0, 0.1) is 5.82 Å². The summed E-state index contributed by atoms with van der Waals surface area (Å²) in [6.45, 7) is 1.80. The number of carbonyl (C=O) groups is 1. The SMILES string of the molecule is C/C(=C\CC(=O)O)c1ccc(F)cc1. The summed E-state index contributed by atoms with van der Waals surface area (Å²) < 4.78 is 12.6. The molecular formula is C11H11FO2. The zero-order valence-corrected chi connectivity index (χ0v) is 7.83. The van der Waals surface area contributed by atoms with Crippen LogP contribution < -0.4 is 0 Å². The van der Waals surface area contributed by atoms with Gasteiger partial charge in [0.15, 0.2) is 0 Å². The number of allylic oxidation sites excluding steroid dienone is 1. The summed E-state index contributed by atoms with van der Waals surface area (Å²) >= 11 is 0. The summed E-state index contributed by atoms with van der Waals surface area (Å²) in [5, 5.41) is 8.45. The van der Waals surface area contributed by atoms with Gasteiger partial charge in [0, 0.05) is 0 Å². The van der Waals surface area contributed by atoms with E-state index in [2.05, 4.69) is 0 Å². The summed E-state index contributed by atoms with van der Waals surface area (Å²) in [5.41, 5.74) is 1.68. The lowest BCUT2D eigenvalue weighted by atomic mass is 10.1. The van der Waals surface area contributed by atoms with Crippen molar-refractivity contribution < 1.29 is 14.3 Å². The van der Waals surface area contributed by atoms with Crippen molar-refractivity contribution in [3.63, 3.8) is 0 Å². The molecule has 2 nitrogen and oxygen atoms in total. The Bertz CT molecular complexity index is 352. The first-order chi connectivity index (χ1) is 6.59. The predicted molar refractivity (Wildman–Crippen MR) is 52.3 cm³/mol. The third-order valence-corrected chi connectivity index (χ3v) is 1.88. The van der Waals surface area contributed by atoms with E-state index < -0.39 is 5.97 Å². The summed E-state index contributed by atoms with van der Waals surface area (Å²) in [6, 6.07) is 5.97. The first-order valence-corrected chi connectivity index (χ1v) is 4.24. The van der Waals surface area contributed by atoms with E-state index in [9.17, 15) is 9.18 Å². The van der Waals surface area contributed by atoms with Crippen LogP contribution in [0.3, 0.4) is 0 Å². The van der Waals surface area contributed by atoms with Crippen molar-refractivity contribution in [3.05, 3.63) is 41.7 Å². The molecular weight excluding hydrogens is 183 g/mol. The molecule has 3 heteroatoms. The number of aliphatic carboxylic acids is 1. The molecule has 0 atom stereocenters. The maximum absolute atomic E-state index is 12.6. The van der Waals surface area contributed by atoms with Gasteiger partial charge in [0.1, 0.15) is 5.82 Å². The molecule has 0 fully saturated rings. The van der Waals surface area contributed by atoms with Crippen molar-refractivity contribution in [2.24, 2.45) is 0 Å². The number of carboxylic acids is 1. The van der Waals surface area contributed by atoms with Crippen LogP contribution in [0.1, 0.15) is 18.9 Å². The van der Waals surface area contributed by atoms with Crippen LogP contribution in [-0.2, 0) is 4.79 Å². The normalized spacial score (nSPS) is 11.4. The Morgan fingerprint density at radius 2 is 2.00 bits per heavy atom. The third-order valence-electron chi connectivity index (χ3n) is 1.88. The van der Waals surface area contributed by atoms with Gasteiger partial charge in [0.05, 0.1) is 6.42 Å². The van der Waals surface area contributed by atoms with Crippen molar-refractivity contribution in [1.29, 1.82) is 0 Å². The summed E-state index contributed by atoms with van der Waals surface area (Å²) in [7, 11) is 0. The number of carboxylic acid groups (broad SMARTS) is 1. The maximum Gasteiger partial charge on any atom is 0.307 e. The van der Waals surface area contributed by atoms with E-state index in [0.717, 1.165) is 11.1 Å². The molecule has 0 saturated carbocycles. The molecule has 1 aromatic rings. The standard InChI is InChI=1S/C11H11FO2/c1-8(2-7-11(13)14)9-3-5-10(12)6-4-9/h2-6H,7H2,1H3,(H,13,14)/b8-2+.